The maximum atomic E-state index is 12.4. The summed E-state index contributed by atoms with van der Waals surface area (Å²) < 4.78 is 11.1. The Morgan fingerprint density at radius 3 is 2.60 bits per heavy atom. The number of carbonyl (C=O) groups excluding carboxylic acids is 1. The summed E-state index contributed by atoms with van der Waals surface area (Å²) in [6.45, 7) is 9.28. The number of carbonyl (C=O) groups is 1. The molecule has 158 valence electrons. The van der Waals surface area contributed by atoms with Crippen molar-refractivity contribution in [3.8, 4) is 5.75 Å². The number of nitrogens with one attached hydrogen (secondary N) is 1. The number of aryl methyl sites for hydroxylation is 1. The third-order valence-electron chi connectivity index (χ3n) is 5.30. The van der Waals surface area contributed by atoms with E-state index in [0.29, 0.717) is 18.7 Å². The van der Waals surface area contributed by atoms with Gasteiger partial charge in [0, 0.05) is 13.0 Å². The molecule has 1 N–H and O–H groups in total. The van der Waals surface area contributed by atoms with Crippen LogP contribution in [-0.2, 0) is 18.3 Å². The molecule has 4 nitrogen and oxygen atoms in total. The van der Waals surface area contributed by atoms with Gasteiger partial charge in [-0.2, -0.15) is 0 Å². The van der Waals surface area contributed by atoms with Crippen molar-refractivity contribution in [1.29, 1.82) is 0 Å². The molecule has 0 saturated carbocycles. The highest BCUT2D eigenvalue weighted by Gasteiger charge is 2.16. The second-order valence-electron chi connectivity index (χ2n) is 8.69. The molecule has 2 aromatic carbocycles. The molecule has 0 aliphatic carbocycles. The largest absolute Gasteiger partial charge is 0.497 e. The summed E-state index contributed by atoms with van der Waals surface area (Å²) >= 11 is 0. The topological polar surface area (TPSA) is 51.5 Å². The number of amides is 1. The number of ether oxygens (including phenoxy) is 1. The molecule has 30 heavy (non-hydrogen) atoms. The van der Waals surface area contributed by atoms with E-state index in [4.69, 9.17) is 9.15 Å². The van der Waals surface area contributed by atoms with E-state index >= 15 is 0 Å². The fourth-order valence-corrected chi connectivity index (χ4v) is 3.35. The van der Waals surface area contributed by atoms with Crippen molar-refractivity contribution in [2.24, 2.45) is 0 Å². The van der Waals surface area contributed by atoms with Crippen molar-refractivity contribution in [3.63, 3.8) is 0 Å². The maximum Gasteiger partial charge on any atom is 0.287 e. The second-order valence-corrected chi connectivity index (χ2v) is 8.69. The average molecular weight is 406 g/mol. The number of hydrogen-bond acceptors (Lipinski definition) is 3. The van der Waals surface area contributed by atoms with Crippen LogP contribution in [0.1, 0.15) is 59.3 Å². The van der Waals surface area contributed by atoms with Crippen molar-refractivity contribution in [2.45, 2.75) is 46.0 Å². The molecule has 0 aliphatic heterocycles. The summed E-state index contributed by atoms with van der Waals surface area (Å²) in [6.07, 6.45) is 1.40. The molecule has 0 unspecified atom stereocenters. The summed E-state index contributed by atoms with van der Waals surface area (Å²) in [5.41, 5.74) is 4.96. The van der Waals surface area contributed by atoms with Crippen LogP contribution < -0.4 is 10.1 Å². The third kappa shape index (κ3) is 5.53. The molecule has 1 amide bonds. The van der Waals surface area contributed by atoms with Gasteiger partial charge in [-0.3, -0.25) is 4.79 Å². The third-order valence-corrected chi connectivity index (χ3v) is 5.30. The van der Waals surface area contributed by atoms with E-state index in [2.05, 4.69) is 51.2 Å². The van der Waals surface area contributed by atoms with Crippen LogP contribution in [0.15, 0.2) is 59.0 Å². The summed E-state index contributed by atoms with van der Waals surface area (Å²) in [4.78, 5) is 12.4. The second kappa shape index (κ2) is 9.21. The van der Waals surface area contributed by atoms with Gasteiger partial charge in [0.2, 0.25) is 0 Å². The highest BCUT2D eigenvalue weighted by molar-refractivity contribution is 5.91. The van der Waals surface area contributed by atoms with Crippen LogP contribution in [0, 0.1) is 6.92 Å². The van der Waals surface area contributed by atoms with Gasteiger partial charge in [0.15, 0.2) is 5.76 Å². The minimum atomic E-state index is -0.190. The number of furan rings is 1. The summed E-state index contributed by atoms with van der Waals surface area (Å²) in [5.74, 6) is 1.77. The Labute approximate surface area is 179 Å². The van der Waals surface area contributed by atoms with Gasteiger partial charge in [-0.25, -0.2) is 0 Å². The van der Waals surface area contributed by atoms with Crippen LogP contribution >= 0.6 is 0 Å². The zero-order valence-electron chi connectivity index (χ0n) is 18.5. The Morgan fingerprint density at radius 1 is 1.07 bits per heavy atom. The Bertz CT molecular complexity index is 1010. The molecule has 0 aliphatic rings. The fraction of sp³-hybridized carbons (Fsp3) is 0.346. The molecule has 0 saturated heterocycles. The van der Waals surface area contributed by atoms with Crippen molar-refractivity contribution >= 4 is 5.91 Å². The van der Waals surface area contributed by atoms with Gasteiger partial charge in [-0.1, -0.05) is 51.1 Å². The molecule has 0 spiro atoms. The molecule has 0 atom stereocenters. The molecule has 4 heteroatoms. The van der Waals surface area contributed by atoms with Crippen LogP contribution in [0.2, 0.25) is 0 Å². The number of benzene rings is 2. The van der Waals surface area contributed by atoms with Gasteiger partial charge in [-0.05, 0) is 65.3 Å². The first-order valence-corrected chi connectivity index (χ1v) is 10.4. The van der Waals surface area contributed by atoms with E-state index in [-0.39, 0.29) is 11.3 Å². The highest BCUT2D eigenvalue weighted by atomic mass is 16.5. The molecule has 1 heterocycles. The standard InChI is InChI=1S/C26H31NO3/c1-18-9-10-21(26(2,3)4)16-20(18)17-23-11-12-24(30-23)25(28)27-14-13-19-7-6-8-22(15-19)29-5/h6-12,15-16H,13-14,17H2,1-5H3,(H,27,28). The quantitative estimate of drug-likeness (QED) is 0.568. The Hall–Kier alpha value is -3.01. The fourth-order valence-electron chi connectivity index (χ4n) is 3.35. The lowest BCUT2D eigenvalue weighted by Crippen LogP contribution is -2.25. The predicted molar refractivity (Wildman–Crippen MR) is 120 cm³/mol. The van der Waals surface area contributed by atoms with Crippen LogP contribution in [0.25, 0.3) is 0 Å². The Morgan fingerprint density at radius 2 is 1.87 bits per heavy atom. The van der Waals surface area contributed by atoms with Crippen molar-refractivity contribution in [1.82, 2.24) is 5.32 Å². The first-order chi connectivity index (χ1) is 14.3. The summed E-state index contributed by atoms with van der Waals surface area (Å²) in [6, 6.07) is 18.1. The molecule has 1 aromatic heterocycles. The number of rotatable bonds is 7. The van der Waals surface area contributed by atoms with Crippen molar-refractivity contribution in [2.75, 3.05) is 13.7 Å². The van der Waals surface area contributed by atoms with Gasteiger partial charge >= 0.3 is 0 Å². The molecule has 3 rings (SSSR count). The predicted octanol–water partition coefficient (Wildman–Crippen LogP) is 5.46. The molecular weight excluding hydrogens is 374 g/mol. The highest BCUT2D eigenvalue weighted by Crippen LogP contribution is 2.26. The lowest BCUT2D eigenvalue weighted by Gasteiger charge is -2.20. The smallest absolute Gasteiger partial charge is 0.287 e. The van der Waals surface area contributed by atoms with Gasteiger partial charge in [0.25, 0.3) is 5.91 Å². The van der Waals surface area contributed by atoms with Crippen molar-refractivity contribution in [3.05, 3.63) is 88.4 Å². The zero-order chi connectivity index (χ0) is 21.7. The van der Waals surface area contributed by atoms with Gasteiger partial charge in [-0.15, -0.1) is 0 Å². The van der Waals surface area contributed by atoms with Crippen LogP contribution in [0.4, 0.5) is 0 Å². The number of hydrogen-bond donors (Lipinski definition) is 1. The Kier molecular flexibility index (Phi) is 6.66. The molecule has 0 bridgehead atoms. The minimum absolute atomic E-state index is 0.0967. The maximum absolute atomic E-state index is 12.4. The lowest BCUT2D eigenvalue weighted by atomic mass is 9.85. The molecule has 3 aromatic rings. The van der Waals surface area contributed by atoms with Gasteiger partial charge < -0.3 is 14.5 Å². The van der Waals surface area contributed by atoms with E-state index < -0.39 is 0 Å². The van der Waals surface area contributed by atoms with E-state index in [1.807, 2.05) is 30.3 Å². The lowest BCUT2D eigenvalue weighted by molar-refractivity contribution is 0.0925. The van der Waals surface area contributed by atoms with Crippen molar-refractivity contribution < 1.29 is 13.9 Å². The van der Waals surface area contributed by atoms with Crippen LogP contribution in [0.5, 0.6) is 5.75 Å². The average Bonchev–Trinajstić information content (AvgIpc) is 3.17. The van der Waals surface area contributed by atoms with Gasteiger partial charge in [0.05, 0.1) is 7.11 Å². The molecular formula is C26H31NO3. The van der Waals surface area contributed by atoms with E-state index in [1.165, 1.54) is 16.7 Å². The number of methoxy groups -OCH3 is 1. The van der Waals surface area contributed by atoms with E-state index in [1.54, 1.807) is 13.2 Å². The summed E-state index contributed by atoms with van der Waals surface area (Å²) in [7, 11) is 1.65. The van der Waals surface area contributed by atoms with Crippen LogP contribution in [0.3, 0.4) is 0 Å². The van der Waals surface area contributed by atoms with E-state index in [0.717, 1.165) is 23.5 Å². The molecule has 0 fully saturated rings. The zero-order valence-corrected chi connectivity index (χ0v) is 18.5. The SMILES string of the molecule is COc1cccc(CCNC(=O)c2ccc(Cc3cc(C(C)(C)C)ccc3C)o2)c1. The monoisotopic (exact) mass is 405 g/mol. The first-order valence-electron chi connectivity index (χ1n) is 10.4. The van der Waals surface area contributed by atoms with Gasteiger partial charge in [0.1, 0.15) is 11.5 Å². The minimum Gasteiger partial charge on any atom is -0.497 e. The first kappa shape index (κ1) is 21.7. The molecule has 0 radical (unpaired) electrons. The van der Waals surface area contributed by atoms with Crippen LogP contribution in [-0.4, -0.2) is 19.6 Å². The normalized spacial score (nSPS) is 11.4. The van der Waals surface area contributed by atoms with E-state index in [9.17, 15) is 4.79 Å². The Balaban J connectivity index is 1.60. The summed E-state index contributed by atoms with van der Waals surface area (Å²) in [5, 5.41) is 2.93.